The Morgan fingerprint density at radius 1 is 1.11 bits per heavy atom. The standard InChI is InChI=1S/C16H16N2O/c1-2-13-7-3-4-8-15(13)19-12-14-11-18-10-6-5-9-16(18)17-14/h3-11H,2,12H2,1H3. The molecule has 3 heteroatoms. The van der Waals surface area contributed by atoms with Gasteiger partial charge in [0.15, 0.2) is 0 Å². The van der Waals surface area contributed by atoms with E-state index in [1.54, 1.807) is 0 Å². The normalized spacial score (nSPS) is 10.8. The van der Waals surface area contributed by atoms with E-state index in [0.29, 0.717) is 6.61 Å². The molecule has 0 aliphatic carbocycles. The molecule has 0 amide bonds. The molecule has 2 aromatic heterocycles. The van der Waals surface area contributed by atoms with Gasteiger partial charge in [0.2, 0.25) is 0 Å². The third-order valence-corrected chi connectivity index (χ3v) is 3.14. The number of hydrogen-bond acceptors (Lipinski definition) is 2. The molecule has 0 saturated carbocycles. The van der Waals surface area contributed by atoms with Gasteiger partial charge in [0, 0.05) is 12.4 Å². The minimum atomic E-state index is 0.499. The molecule has 0 radical (unpaired) electrons. The van der Waals surface area contributed by atoms with Crippen molar-refractivity contribution in [2.24, 2.45) is 0 Å². The van der Waals surface area contributed by atoms with Gasteiger partial charge in [-0.2, -0.15) is 0 Å². The second-order valence-electron chi connectivity index (χ2n) is 4.45. The van der Waals surface area contributed by atoms with Crippen molar-refractivity contribution in [2.75, 3.05) is 0 Å². The van der Waals surface area contributed by atoms with Gasteiger partial charge in [-0.25, -0.2) is 4.98 Å². The topological polar surface area (TPSA) is 26.5 Å². The average molecular weight is 252 g/mol. The Bertz CT molecular complexity index is 655. The number of para-hydroxylation sites is 1. The van der Waals surface area contributed by atoms with Crippen LogP contribution in [0.4, 0.5) is 0 Å². The Morgan fingerprint density at radius 3 is 2.79 bits per heavy atom. The highest BCUT2D eigenvalue weighted by atomic mass is 16.5. The maximum absolute atomic E-state index is 5.87. The summed E-state index contributed by atoms with van der Waals surface area (Å²) in [7, 11) is 0. The zero-order valence-electron chi connectivity index (χ0n) is 10.9. The number of fused-ring (bicyclic) bond motifs is 1. The van der Waals surface area contributed by atoms with Crippen LogP contribution >= 0.6 is 0 Å². The molecule has 1 aromatic carbocycles. The second-order valence-corrected chi connectivity index (χ2v) is 4.45. The first kappa shape index (κ1) is 11.8. The van der Waals surface area contributed by atoms with E-state index < -0.39 is 0 Å². The number of nitrogens with zero attached hydrogens (tertiary/aromatic N) is 2. The monoisotopic (exact) mass is 252 g/mol. The number of aryl methyl sites for hydroxylation is 1. The van der Waals surface area contributed by atoms with E-state index >= 15 is 0 Å². The third-order valence-electron chi connectivity index (χ3n) is 3.14. The summed E-state index contributed by atoms with van der Waals surface area (Å²) in [5.74, 6) is 0.946. The quantitative estimate of drug-likeness (QED) is 0.710. The lowest BCUT2D eigenvalue weighted by molar-refractivity contribution is 0.299. The maximum atomic E-state index is 5.87. The van der Waals surface area contributed by atoms with E-state index in [2.05, 4.69) is 18.0 Å². The fourth-order valence-electron chi connectivity index (χ4n) is 2.15. The second kappa shape index (κ2) is 5.14. The van der Waals surface area contributed by atoms with E-state index in [-0.39, 0.29) is 0 Å². The Labute approximate surface area is 112 Å². The molecule has 0 bridgehead atoms. The van der Waals surface area contributed by atoms with E-state index in [1.165, 1.54) is 5.56 Å². The van der Waals surface area contributed by atoms with Gasteiger partial charge in [0.25, 0.3) is 0 Å². The van der Waals surface area contributed by atoms with Gasteiger partial charge in [-0.15, -0.1) is 0 Å². The molecule has 0 atom stereocenters. The summed E-state index contributed by atoms with van der Waals surface area (Å²) in [5.41, 5.74) is 3.12. The minimum Gasteiger partial charge on any atom is -0.487 e. The summed E-state index contributed by atoms with van der Waals surface area (Å²) in [5, 5.41) is 0. The lowest BCUT2D eigenvalue weighted by Gasteiger charge is -2.08. The number of ether oxygens (including phenoxy) is 1. The predicted molar refractivity (Wildman–Crippen MR) is 75.3 cm³/mol. The van der Waals surface area contributed by atoms with Crippen molar-refractivity contribution in [1.29, 1.82) is 0 Å². The van der Waals surface area contributed by atoms with Gasteiger partial charge < -0.3 is 9.14 Å². The van der Waals surface area contributed by atoms with E-state index in [0.717, 1.165) is 23.5 Å². The van der Waals surface area contributed by atoms with Gasteiger partial charge in [0.05, 0.1) is 5.69 Å². The van der Waals surface area contributed by atoms with Crippen LogP contribution < -0.4 is 4.74 Å². The molecule has 0 aliphatic rings. The molecule has 96 valence electrons. The van der Waals surface area contributed by atoms with E-state index in [9.17, 15) is 0 Å². The van der Waals surface area contributed by atoms with Gasteiger partial charge in [-0.1, -0.05) is 31.2 Å². The fraction of sp³-hybridized carbons (Fsp3) is 0.188. The van der Waals surface area contributed by atoms with E-state index in [1.807, 2.05) is 53.2 Å². The highest BCUT2D eigenvalue weighted by Gasteiger charge is 2.04. The van der Waals surface area contributed by atoms with Crippen LogP contribution in [0.1, 0.15) is 18.2 Å². The van der Waals surface area contributed by atoms with Crippen LogP contribution in [0, 0.1) is 0 Å². The molecule has 3 rings (SSSR count). The third kappa shape index (κ3) is 2.45. The van der Waals surface area contributed by atoms with Crippen LogP contribution in [-0.2, 0) is 13.0 Å². The molecule has 0 fully saturated rings. The lowest BCUT2D eigenvalue weighted by atomic mass is 10.1. The number of aromatic nitrogens is 2. The largest absolute Gasteiger partial charge is 0.487 e. The maximum Gasteiger partial charge on any atom is 0.137 e. The average Bonchev–Trinajstić information content (AvgIpc) is 2.88. The molecular weight excluding hydrogens is 236 g/mol. The first-order valence-electron chi connectivity index (χ1n) is 6.50. The zero-order chi connectivity index (χ0) is 13.1. The van der Waals surface area contributed by atoms with Crippen molar-refractivity contribution in [3.8, 4) is 5.75 Å². The molecule has 3 nitrogen and oxygen atoms in total. The Kier molecular flexibility index (Phi) is 3.19. The van der Waals surface area contributed by atoms with E-state index in [4.69, 9.17) is 4.74 Å². The summed E-state index contributed by atoms with van der Waals surface area (Å²) >= 11 is 0. The van der Waals surface area contributed by atoms with Crippen molar-refractivity contribution in [2.45, 2.75) is 20.0 Å². The molecule has 2 heterocycles. The van der Waals surface area contributed by atoms with Gasteiger partial charge in [0.1, 0.15) is 18.0 Å². The summed E-state index contributed by atoms with van der Waals surface area (Å²) in [6.45, 7) is 2.63. The molecule has 19 heavy (non-hydrogen) atoms. The number of benzene rings is 1. The Hall–Kier alpha value is -2.29. The number of pyridine rings is 1. The Morgan fingerprint density at radius 2 is 1.95 bits per heavy atom. The van der Waals surface area contributed by atoms with Crippen LogP contribution in [-0.4, -0.2) is 9.38 Å². The van der Waals surface area contributed by atoms with Gasteiger partial charge in [-0.3, -0.25) is 0 Å². The molecule has 3 aromatic rings. The zero-order valence-corrected chi connectivity index (χ0v) is 10.9. The first-order valence-corrected chi connectivity index (χ1v) is 6.50. The van der Waals surface area contributed by atoms with Gasteiger partial charge in [-0.05, 0) is 30.2 Å². The molecule has 0 aliphatic heterocycles. The summed E-state index contributed by atoms with van der Waals surface area (Å²) in [6, 6.07) is 14.1. The highest BCUT2D eigenvalue weighted by molar-refractivity contribution is 5.39. The molecule has 0 N–H and O–H groups in total. The summed E-state index contributed by atoms with van der Waals surface area (Å²) in [6.07, 6.45) is 4.97. The number of imidazole rings is 1. The van der Waals surface area contributed by atoms with Crippen molar-refractivity contribution in [1.82, 2.24) is 9.38 Å². The highest BCUT2D eigenvalue weighted by Crippen LogP contribution is 2.19. The molecule has 0 unspecified atom stereocenters. The van der Waals surface area contributed by atoms with Crippen molar-refractivity contribution in [3.05, 3.63) is 66.1 Å². The van der Waals surface area contributed by atoms with Crippen LogP contribution in [0.5, 0.6) is 5.75 Å². The van der Waals surface area contributed by atoms with Crippen LogP contribution in [0.2, 0.25) is 0 Å². The Balaban J connectivity index is 1.78. The molecule has 0 saturated heterocycles. The number of rotatable bonds is 4. The summed E-state index contributed by atoms with van der Waals surface area (Å²) < 4.78 is 7.87. The van der Waals surface area contributed by atoms with Crippen molar-refractivity contribution in [3.63, 3.8) is 0 Å². The first-order chi connectivity index (χ1) is 9.36. The number of hydrogen-bond donors (Lipinski definition) is 0. The van der Waals surface area contributed by atoms with Gasteiger partial charge >= 0.3 is 0 Å². The fourth-order valence-corrected chi connectivity index (χ4v) is 2.15. The van der Waals surface area contributed by atoms with Crippen LogP contribution in [0.15, 0.2) is 54.9 Å². The van der Waals surface area contributed by atoms with Crippen LogP contribution in [0.25, 0.3) is 5.65 Å². The van der Waals surface area contributed by atoms with Crippen molar-refractivity contribution >= 4 is 5.65 Å². The lowest BCUT2D eigenvalue weighted by Crippen LogP contribution is -1.98. The minimum absolute atomic E-state index is 0.499. The van der Waals surface area contributed by atoms with Crippen molar-refractivity contribution < 1.29 is 4.74 Å². The SMILES string of the molecule is CCc1ccccc1OCc1cn2ccccc2n1. The predicted octanol–water partition coefficient (Wildman–Crippen LogP) is 3.48. The summed E-state index contributed by atoms with van der Waals surface area (Å²) in [4.78, 5) is 4.52. The molecule has 0 spiro atoms. The van der Waals surface area contributed by atoms with Crippen LogP contribution in [0.3, 0.4) is 0 Å². The molecular formula is C16H16N2O. The smallest absolute Gasteiger partial charge is 0.137 e.